The SMILES string of the molecule is CCC(N)C(Sc1ccc(Cl)c(Cl)c1)c1cccnc1. The van der Waals surface area contributed by atoms with Crippen molar-refractivity contribution < 1.29 is 0 Å². The number of aromatic nitrogens is 1. The van der Waals surface area contributed by atoms with E-state index in [1.165, 1.54) is 0 Å². The second kappa shape index (κ2) is 7.32. The summed E-state index contributed by atoms with van der Waals surface area (Å²) < 4.78 is 0. The van der Waals surface area contributed by atoms with Gasteiger partial charge in [0.2, 0.25) is 0 Å². The fourth-order valence-corrected chi connectivity index (χ4v) is 3.49. The second-order valence-electron chi connectivity index (χ2n) is 4.47. The number of halogens is 2. The van der Waals surface area contributed by atoms with Crippen molar-refractivity contribution in [1.82, 2.24) is 4.98 Å². The van der Waals surface area contributed by atoms with Crippen molar-refractivity contribution in [1.29, 1.82) is 0 Å². The fraction of sp³-hybridized carbons (Fsp3) is 0.267. The number of hydrogen-bond donors (Lipinski definition) is 1. The van der Waals surface area contributed by atoms with Crippen LogP contribution >= 0.6 is 35.0 Å². The highest BCUT2D eigenvalue weighted by Crippen LogP contribution is 2.39. The third kappa shape index (κ3) is 3.89. The molecule has 0 saturated carbocycles. The van der Waals surface area contributed by atoms with Gasteiger partial charge in [0.25, 0.3) is 0 Å². The fourth-order valence-electron chi connectivity index (χ4n) is 1.86. The highest BCUT2D eigenvalue weighted by molar-refractivity contribution is 7.99. The van der Waals surface area contributed by atoms with Crippen LogP contribution in [0.3, 0.4) is 0 Å². The van der Waals surface area contributed by atoms with E-state index >= 15 is 0 Å². The van der Waals surface area contributed by atoms with Crippen LogP contribution in [0.25, 0.3) is 0 Å². The van der Waals surface area contributed by atoms with E-state index in [-0.39, 0.29) is 11.3 Å². The maximum absolute atomic E-state index is 6.26. The average molecular weight is 327 g/mol. The van der Waals surface area contributed by atoms with Gasteiger partial charge in [-0.2, -0.15) is 0 Å². The summed E-state index contributed by atoms with van der Waals surface area (Å²) >= 11 is 13.7. The molecule has 106 valence electrons. The third-order valence-corrected chi connectivity index (χ3v) is 5.17. The lowest BCUT2D eigenvalue weighted by Crippen LogP contribution is -2.25. The summed E-state index contributed by atoms with van der Waals surface area (Å²) in [6.07, 6.45) is 4.53. The highest BCUT2D eigenvalue weighted by atomic mass is 35.5. The summed E-state index contributed by atoms with van der Waals surface area (Å²) in [4.78, 5) is 5.23. The molecular formula is C15H16Cl2N2S. The molecule has 2 N–H and O–H groups in total. The van der Waals surface area contributed by atoms with Crippen LogP contribution in [0.5, 0.6) is 0 Å². The van der Waals surface area contributed by atoms with Gasteiger partial charge in [-0.25, -0.2) is 0 Å². The van der Waals surface area contributed by atoms with Crippen molar-refractivity contribution in [2.24, 2.45) is 5.73 Å². The molecule has 5 heteroatoms. The molecule has 0 saturated heterocycles. The smallest absolute Gasteiger partial charge is 0.0603 e. The zero-order chi connectivity index (χ0) is 14.5. The number of pyridine rings is 1. The first-order valence-corrected chi connectivity index (χ1v) is 8.02. The minimum atomic E-state index is 0.0543. The highest BCUT2D eigenvalue weighted by Gasteiger charge is 2.20. The van der Waals surface area contributed by atoms with Crippen LogP contribution < -0.4 is 5.73 Å². The third-order valence-electron chi connectivity index (χ3n) is 3.03. The van der Waals surface area contributed by atoms with Gasteiger partial charge in [0, 0.05) is 23.3 Å². The molecule has 2 rings (SSSR count). The molecule has 0 aliphatic rings. The number of hydrogen-bond acceptors (Lipinski definition) is 3. The molecule has 1 heterocycles. The van der Waals surface area contributed by atoms with Crippen molar-refractivity contribution in [3.05, 3.63) is 58.3 Å². The summed E-state index contributed by atoms with van der Waals surface area (Å²) in [5, 5.41) is 1.27. The van der Waals surface area contributed by atoms with Crippen LogP contribution in [0, 0.1) is 0 Å². The topological polar surface area (TPSA) is 38.9 Å². The van der Waals surface area contributed by atoms with Gasteiger partial charge in [0.05, 0.1) is 15.3 Å². The lowest BCUT2D eigenvalue weighted by Gasteiger charge is -2.22. The van der Waals surface area contributed by atoms with Crippen LogP contribution in [-0.2, 0) is 0 Å². The Morgan fingerprint density at radius 3 is 2.65 bits per heavy atom. The van der Waals surface area contributed by atoms with E-state index in [4.69, 9.17) is 28.9 Å². The molecule has 1 aromatic carbocycles. The van der Waals surface area contributed by atoms with Crippen molar-refractivity contribution in [2.75, 3.05) is 0 Å². The predicted octanol–water partition coefficient (Wildman–Crippen LogP) is 4.96. The van der Waals surface area contributed by atoms with Gasteiger partial charge < -0.3 is 5.73 Å². The molecule has 0 radical (unpaired) electrons. The summed E-state index contributed by atoms with van der Waals surface area (Å²) in [6, 6.07) is 9.69. The van der Waals surface area contributed by atoms with E-state index in [0.717, 1.165) is 16.9 Å². The van der Waals surface area contributed by atoms with E-state index < -0.39 is 0 Å². The minimum Gasteiger partial charge on any atom is -0.326 e. The molecule has 1 aromatic heterocycles. The van der Waals surface area contributed by atoms with Gasteiger partial charge >= 0.3 is 0 Å². The number of rotatable bonds is 5. The summed E-state index contributed by atoms with van der Waals surface area (Å²) in [7, 11) is 0. The zero-order valence-electron chi connectivity index (χ0n) is 11.1. The van der Waals surface area contributed by atoms with Crippen LogP contribution in [0.2, 0.25) is 10.0 Å². The Hall–Kier alpha value is -0.740. The molecule has 0 aliphatic carbocycles. The van der Waals surface area contributed by atoms with Crippen molar-refractivity contribution in [2.45, 2.75) is 29.5 Å². The van der Waals surface area contributed by atoms with Crippen LogP contribution in [0.4, 0.5) is 0 Å². The number of thioether (sulfide) groups is 1. The molecule has 2 nitrogen and oxygen atoms in total. The van der Waals surface area contributed by atoms with E-state index in [0.29, 0.717) is 10.0 Å². The Morgan fingerprint density at radius 2 is 2.05 bits per heavy atom. The predicted molar refractivity (Wildman–Crippen MR) is 87.6 cm³/mol. The maximum Gasteiger partial charge on any atom is 0.0603 e. The van der Waals surface area contributed by atoms with E-state index in [9.17, 15) is 0 Å². The Labute approximate surface area is 133 Å². The molecule has 20 heavy (non-hydrogen) atoms. The monoisotopic (exact) mass is 326 g/mol. The Kier molecular flexibility index (Phi) is 5.73. The zero-order valence-corrected chi connectivity index (χ0v) is 13.4. The lowest BCUT2D eigenvalue weighted by molar-refractivity contribution is 0.633. The number of nitrogens with two attached hydrogens (primary N) is 1. The summed E-state index contributed by atoms with van der Waals surface area (Å²) in [6.45, 7) is 2.09. The first-order valence-electron chi connectivity index (χ1n) is 6.39. The maximum atomic E-state index is 6.26. The standard InChI is InChI=1S/C15H16Cl2N2S/c1-2-14(18)15(10-4-3-7-19-9-10)20-11-5-6-12(16)13(17)8-11/h3-9,14-15H,2,18H2,1H3. The van der Waals surface area contributed by atoms with Crippen molar-refractivity contribution in [3.63, 3.8) is 0 Å². The van der Waals surface area contributed by atoms with E-state index in [1.807, 2.05) is 30.5 Å². The normalized spacial score (nSPS) is 14.0. The van der Waals surface area contributed by atoms with Crippen molar-refractivity contribution in [3.8, 4) is 0 Å². The lowest BCUT2D eigenvalue weighted by atomic mass is 10.1. The Balaban J connectivity index is 2.26. The summed E-state index contributed by atoms with van der Waals surface area (Å²) in [5.41, 5.74) is 7.38. The molecule has 0 fully saturated rings. The van der Waals surface area contributed by atoms with Crippen LogP contribution in [-0.4, -0.2) is 11.0 Å². The molecule has 2 unspecified atom stereocenters. The Morgan fingerprint density at radius 1 is 1.25 bits per heavy atom. The quantitative estimate of drug-likeness (QED) is 0.789. The largest absolute Gasteiger partial charge is 0.326 e. The van der Waals surface area contributed by atoms with Gasteiger partial charge in [-0.05, 0) is 36.2 Å². The number of benzene rings is 1. The van der Waals surface area contributed by atoms with Gasteiger partial charge in [0.15, 0.2) is 0 Å². The van der Waals surface area contributed by atoms with Gasteiger partial charge in [0.1, 0.15) is 0 Å². The first-order chi connectivity index (χ1) is 9.61. The van der Waals surface area contributed by atoms with Crippen LogP contribution in [0.15, 0.2) is 47.6 Å². The summed E-state index contributed by atoms with van der Waals surface area (Å²) in [5.74, 6) is 0. The van der Waals surface area contributed by atoms with E-state index in [1.54, 1.807) is 18.0 Å². The number of nitrogens with zero attached hydrogens (tertiary/aromatic N) is 1. The first kappa shape index (κ1) is 15.6. The Bertz CT molecular complexity index is 563. The molecule has 2 atom stereocenters. The van der Waals surface area contributed by atoms with Gasteiger partial charge in [-0.1, -0.05) is 36.2 Å². The molecule has 0 aliphatic heterocycles. The van der Waals surface area contributed by atoms with Gasteiger partial charge in [-0.15, -0.1) is 11.8 Å². The van der Waals surface area contributed by atoms with E-state index in [2.05, 4.69) is 18.0 Å². The van der Waals surface area contributed by atoms with Crippen molar-refractivity contribution >= 4 is 35.0 Å². The molecule has 2 aromatic rings. The minimum absolute atomic E-state index is 0.0543. The van der Waals surface area contributed by atoms with Crippen LogP contribution in [0.1, 0.15) is 24.2 Å². The molecule has 0 bridgehead atoms. The average Bonchev–Trinajstić information content (AvgIpc) is 2.48. The second-order valence-corrected chi connectivity index (χ2v) is 6.50. The van der Waals surface area contributed by atoms with Gasteiger partial charge in [-0.3, -0.25) is 4.98 Å². The molecule has 0 spiro atoms. The molecular weight excluding hydrogens is 311 g/mol. The molecule has 0 amide bonds.